The first-order chi connectivity index (χ1) is 12.0. The molecular formula is C20H22N2O3. The van der Waals surface area contributed by atoms with Gasteiger partial charge in [-0.1, -0.05) is 35.9 Å². The lowest BCUT2D eigenvalue weighted by Gasteiger charge is -2.06. The minimum absolute atomic E-state index is 0.0540. The number of hydrogen-bond donors (Lipinski definition) is 1. The third-order valence-electron chi connectivity index (χ3n) is 4.31. The van der Waals surface area contributed by atoms with Gasteiger partial charge in [-0.05, 0) is 43.0 Å². The van der Waals surface area contributed by atoms with Crippen LogP contribution in [0.3, 0.4) is 0 Å². The van der Waals surface area contributed by atoms with Crippen LogP contribution in [0.1, 0.15) is 23.1 Å². The van der Waals surface area contributed by atoms with Gasteiger partial charge in [0.2, 0.25) is 5.91 Å². The van der Waals surface area contributed by atoms with Crippen molar-refractivity contribution in [2.75, 3.05) is 6.54 Å². The predicted molar refractivity (Wildman–Crippen MR) is 97.7 cm³/mol. The molecule has 25 heavy (non-hydrogen) atoms. The lowest BCUT2D eigenvalue weighted by atomic mass is 10.1. The molecule has 0 fully saturated rings. The zero-order chi connectivity index (χ0) is 17.8. The molecule has 0 atom stereocenters. The molecule has 2 aromatic carbocycles. The standard InChI is InChI=1S/C20H22N2O3/c1-14-4-3-5-15(12-14)7-9-19(23)21-11-10-16-6-8-18-17(13-16)22(2)20(24)25-18/h3-6,8,12-13H,7,9-11H2,1-2H3,(H,21,23). The van der Waals surface area contributed by atoms with Crippen LogP contribution in [-0.4, -0.2) is 17.0 Å². The van der Waals surface area contributed by atoms with Gasteiger partial charge in [0.15, 0.2) is 5.58 Å². The number of rotatable bonds is 6. The molecule has 0 saturated carbocycles. The second-order valence-electron chi connectivity index (χ2n) is 6.32. The summed E-state index contributed by atoms with van der Waals surface area (Å²) in [5.74, 6) is -0.310. The lowest BCUT2D eigenvalue weighted by molar-refractivity contribution is -0.121. The van der Waals surface area contributed by atoms with Crippen molar-refractivity contribution < 1.29 is 9.21 Å². The third kappa shape index (κ3) is 4.18. The molecule has 3 aromatic rings. The molecule has 0 bridgehead atoms. The smallest absolute Gasteiger partial charge is 0.408 e. The van der Waals surface area contributed by atoms with Crippen molar-refractivity contribution in [2.24, 2.45) is 7.05 Å². The number of amides is 1. The molecule has 5 heteroatoms. The molecule has 3 rings (SSSR count). The van der Waals surface area contributed by atoms with Crippen molar-refractivity contribution in [3.63, 3.8) is 0 Å². The maximum atomic E-state index is 12.0. The number of benzene rings is 2. The molecular weight excluding hydrogens is 316 g/mol. The van der Waals surface area contributed by atoms with E-state index in [2.05, 4.69) is 24.4 Å². The molecule has 0 unspecified atom stereocenters. The molecule has 1 heterocycles. The first-order valence-electron chi connectivity index (χ1n) is 8.43. The number of hydrogen-bond acceptors (Lipinski definition) is 3. The second-order valence-corrected chi connectivity index (χ2v) is 6.32. The Morgan fingerprint density at radius 1 is 1.12 bits per heavy atom. The van der Waals surface area contributed by atoms with E-state index >= 15 is 0 Å². The molecule has 1 aromatic heterocycles. The van der Waals surface area contributed by atoms with Crippen LogP contribution >= 0.6 is 0 Å². The molecule has 1 amide bonds. The highest BCUT2D eigenvalue weighted by atomic mass is 16.4. The maximum Gasteiger partial charge on any atom is 0.419 e. The number of carbonyl (C=O) groups excluding carboxylic acids is 1. The summed E-state index contributed by atoms with van der Waals surface area (Å²) in [6.45, 7) is 2.63. The summed E-state index contributed by atoms with van der Waals surface area (Å²) in [5, 5.41) is 2.95. The Bertz CT molecular complexity index is 953. The van der Waals surface area contributed by atoms with Crippen LogP contribution < -0.4 is 11.1 Å². The van der Waals surface area contributed by atoms with Crippen LogP contribution in [0.4, 0.5) is 0 Å². The minimum atomic E-state index is -0.364. The SMILES string of the molecule is Cc1cccc(CCC(=O)NCCc2ccc3oc(=O)n(C)c3c2)c1. The van der Waals surface area contributed by atoms with E-state index in [1.807, 2.05) is 24.3 Å². The summed E-state index contributed by atoms with van der Waals surface area (Å²) in [5.41, 5.74) is 4.80. The van der Waals surface area contributed by atoms with E-state index in [4.69, 9.17) is 4.42 Å². The zero-order valence-electron chi connectivity index (χ0n) is 14.5. The van der Waals surface area contributed by atoms with E-state index in [0.29, 0.717) is 25.0 Å². The van der Waals surface area contributed by atoms with Gasteiger partial charge < -0.3 is 9.73 Å². The molecule has 0 radical (unpaired) electrons. The summed E-state index contributed by atoms with van der Waals surface area (Å²) in [7, 11) is 1.69. The van der Waals surface area contributed by atoms with Gasteiger partial charge >= 0.3 is 5.76 Å². The minimum Gasteiger partial charge on any atom is -0.408 e. The Morgan fingerprint density at radius 2 is 1.92 bits per heavy atom. The third-order valence-corrected chi connectivity index (χ3v) is 4.31. The molecule has 1 N–H and O–H groups in total. The van der Waals surface area contributed by atoms with E-state index in [1.165, 1.54) is 15.7 Å². The van der Waals surface area contributed by atoms with Gasteiger partial charge in [0.05, 0.1) is 5.52 Å². The normalized spacial score (nSPS) is 11.0. The lowest BCUT2D eigenvalue weighted by Crippen LogP contribution is -2.25. The Balaban J connectivity index is 1.49. The fraction of sp³-hybridized carbons (Fsp3) is 0.300. The number of fused-ring (bicyclic) bond motifs is 1. The average Bonchev–Trinajstić information content (AvgIpc) is 2.88. The zero-order valence-corrected chi connectivity index (χ0v) is 14.5. The van der Waals surface area contributed by atoms with Gasteiger partial charge in [0, 0.05) is 20.0 Å². The van der Waals surface area contributed by atoms with E-state index in [1.54, 1.807) is 13.1 Å². The summed E-state index contributed by atoms with van der Waals surface area (Å²) in [6.07, 6.45) is 1.95. The molecule has 130 valence electrons. The Labute approximate surface area is 146 Å². The number of carbonyl (C=O) groups is 1. The van der Waals surface area contributed by atoms with Gasteiger partial charge in [-0.15, -0.1) is 0 Å². The number of nitrogens with zero attached hydrogens (tertiary/aromatic N) is 1. The predicted octanol–water partition coefficient (Wildman–Crippen LogP) is 2.73. The van der Waals surface area contributed by atoms with Crippen LogP contribution in [-0.2, 0) is 24.7 Å². The Kier molecular flexibility index (Phi) is 5.03. The van der Waals surface area contributed by atoms with Crippen LogP contribution in [0, 0.1) is 6.92 Å². The number of aromatic nitrogens is 1. The molecule has 0 aliphatic carbocycles. The molecule has 0 saturated heterocycles. The molecule has 0 spiro atoms. The van der Waals surface area contributed by atoms with E-state index in [-0.39, 0.29) is 11.7 Å². The quantitative estimate of drug-likeness (QED) is 0.752. The second kappa shape index (κ2) is 7.38. The summed E-state index contributed by atoms with van der Waals surface area (Å²) >= 11 is 0. The number of oxazole rings is 1. The van der Waals surface area contributed by atoms with Crippen molar-refractivity contribution in [3.05, 3.63) is 69.7 Å². The Morgan fingerprint density at radius 3 is 2.72 bits per heavy atom. The average molecular weight is 338 g/mol. The van der Waals surface area contributed by atoms with Crippen molar-refractivity contribution in [1.29, 1.82) is 0 Å². The topological polar surface area (TPSA) is 64.2 Å². The fourth-order valence-electron chi connectivity index (χ4n) is 2.89. The van der Waals surface area contributed by atoms with Crippen LogP contribution in [0.5, 0.6) is 0 Å². The van der Waals surface area contributed by atoms with Gasteiger partial charge in [-0.2, -0.15) is 0 Å². The van der Waals surface area contributed by atoms with Crippen molar-refractivity contribution in [1.82, 2.24) is 9.88 Å². The van der Waals surface area contributed by atoms with Gasteiger partial charge in [-0.25, -0.2) is 4.79 Å². The number of aryl methyl sites for hydroxylation is 3. The fourth-order valence-corrected chi connectivity index (χ4v) is 2.89. The van der Waals surface area contributed by atoms with Crippen LogP contribution in [0.25, 0.3) is 11.1 Å². The first kappa shape index (κ1) is 17.0. The summed E-state index contributed by atoms with van der Waals surface area (Å²) in [4.78, 5) is 23.5. The molecule has 0 aliphatic heterocycles. The monoisotopic (exact) mass is 338 g/mol. The van der Waals surface area contributed by atoms with Crippen LogP contribution in [0.15, 0.2) is 51.7 Å². The Hall–Kier alpha value is -2.82. The summed E-state index contributed by atoms with van der Waals surface area (Å²) < 4.78 is 6.60. The maximum absolute atomic E-state index is 12.0. The van der Waals surface area contributed by atoms with Crippen molar-refractivity contribution in [2.45, 2.75) is 26.2 Å². The van der Waals surface area contributed by atoms with Crippen LogP contribution in [0.2, 0.25) is 0 Å². The number of nitrogens with one attached hydrogen (secondary N) is 1. The van der Waals surface area contributed by atoms with E-state index < -0.39 is 0 Å². The van der Waals surface area contributed by atoms with Crippen molar-refractivity contribution >= 4 is 17.0 Å². The molecule has 5 nitrogen and oxygen atoms in total. The largest absolute Gasteiger partial charge is 0.419 e. The van der Waals surface area contributed by atoms with Gasteiger partial charge in [0.25, 0.3) is 0 Å². The highest BCUT2D eigenvalue weighted by Gasteiger charge is 2.07. The van der Waals surface area contributed by atoms with E-state index in [9.17, 15) is 9.59 Å². The highest BCUT2D eigenvalue weighted by molar-refractivity contribution is 5.76. The summed E-state index contributed by atoms with van der Waals surface area (Å²) in [6, 6.07) is 13.9. The molecule has 0 aliphatic rings. The van der Waals surface area contributed by atoms with Gasteiger partial charge in [0.1, 0.15) is 0 Å². The van der Waals surface area contributed by atoms with Crippen molar-refractivity contribution in [3.8, 4) is 0 Å². The highest BCUT2D eigenvalue weighted by Crippen LogP contribution is 2.14. The first-order valence-corrected chi connectivity index (χ1v) is 8.43. The van der Waals surface area contributed by atoms with E-state index in [0.717, 1.165) is 17.5 Å². The van der Waals surface area contributed by atoms with Gasteiger partial charge in [-0.3, -0.25) is 9.36 Å².